The Bertz CT molecular complexity index is 454. The monoisotopic (exact) mass is 267 g/mol. The van der Waals surface area contributed by atoms with Crippen LogP contribution in [0.5, 0.6) is 0 Å². The minimum Gasteiger partial charge on any atom is -0.480 e. The molecule has 0 bridgehead atoms. The number of carbonyl (C=O) groups excluding carboxylic acids is 1. The van der Waals surface area contributed by atoms with Gasteiger partial charge in [-0.05, 0) is 25.8 Å². The number of aromatic nitrogens is 2. The number of carbonyl (C=O) groups is 2. The van der Waals surface area contributed by atoms with Gasteiger partial charge in [-0.1, -0.05) is 20.3 Å². The molecular formula is C13H21N3O3. The van der Waals surface area contributed by atoms with Crippen molar-refractivity contribution in [1.82, 2.24) is 15.1 Å². The molecule has 0 aliphatic heterocycles. The van der Waals surface area contributed by atoms with Gasteiger partial charge < -0.3 is 10.4 Å². The van der Waals surface area contributed by atoms with E-state index in [4.69, 9.17) is 5.11 Å². The van der Waals surface area contributed by atoms with Crippen LogP contribution in [0.15, 0.2) is 6.07 Å². The second-order valence-corrected chi connectivity index (χ2v) is 4.34. The molecule has 2 N–H and O–H groups in total. The molecule has 106 valence electrons. The molecule has 0 aliphatic carbocycles. The lowest BCUT2D eigenvalue weighted by Gasteiger charge is -2.13. The molecule has 0 aromatic carbocycles. The average Bonchev–Trinajstić information content (AvgIpc) is 2.81. The Kier molecular flexibility index (Phi) is 5.54. The number of carboxylic acids is 1. The van der Waals surface area contributed by atoms with Crippen molar-refractivity contribution in [3.05, 3.63) is 17.5 Å². The van der Waals surface area contributed by atoms with Crippen molar-refractivity contribution in [3.8, 4) is 0 Å². The van der Waals surface area contributed by atoms with Crippen LogP contribution in [0.3, 0.4) is 0 Å². The molecule has 1 aromatic heterocycles. The van der Waals surface area contributed by atoms with Crippen LogP contribution in [0.1, 0.15) is 49.8 Å². The van der Waals surface area contributed by atoms with Crippen LogP contribution in [0.4, 0.5) is 0 Å². The molecular weight excluding hydrogens is 246 g/mol. The maximum atomic E-state index is 12.1. The van der Waals surface area contributed by atoms with E-state index in [2.05, 4.69) is 10.4 Å². The Morgan fingerprint density at radius 3 is 2.58 bits per heavy atom. The van der Waals surface area contributed by atoms with Crippen LogP contribution in [-0.4, -0.2) is 32.8 Å². The molecule has 0 radical (unpaired) electrons. The Morgan fingerprint density at radius 2 is 2.11 bits per heavy atom. The van der Waals surface area contributed by atoms with Crippen molar-refractivity contribution in [1.29, 1.82) is 0 Å². The summed E-state index contributed by atoms with van der Waals surface area (Å²) in [5.74, 6) is -1.39. The predicted molar refractivity (Wildman–Crippen MR) is 71.1 cm³/mol. The Morgan fingerprint density at radius 1 is 1.42 bits per heavy atom. The van der Waals surface area contributed by atoms with Crippen LogP contribution in [0, 0.1) is 0 Å². The fraction of sp³-hybridized carbons (Fsp3) is 0.615. The van der Waals surface area contributed by atoms with Gasteiger partial charge >= 0.3 is 5.97 Å². The topological polar surface area (TPSA) is 84.2 Å². The van der Waals surface area contributed by atoms with Gasteiger partial charge in [-0.15, -0.1) is 0 Å². The first-order valence-corrected chi connectivity index (χ1v) is 6.63. The van der Waals surface area contributed by atoms with E-state index >= 15 is 0 Å². The third kappa shape index (κ3) is 3.81. The molecule has 0 saturated heterocycles. The summed E-state index contributed by atoms with van der Waals surface area (Å²) in [6.45, 7) is 6.31. The van der Waals surface area contributed by atoms with Crippen molar-refractivity contribution in [2.24, 2.45) is 0 Å². The summed E-state index contributed by atoms with van der Waals surface area (Å²) in [7, 11) is 0. The van der Waals surface area contributed by atoms with E-state index in [1.807, 2.05) is 20.8 Å². The molecule has 1 aromatic rings. The van der Waals surface area contributed by atoms with Crippen LogP contribution in [0.25, 0.3) is 0 Å². The molecule has 1 rings (SSSR count). The highest BCUT2D eigenvalue weighted by Crippen LogP contribution is 2.07. The van der Waals surface area contributed by atoms with Crippen LogP contribution < -0.4 is 5.32 Å². The number of nitrogens with one attached hydrogen (secondary N) is 1. The second-order valence-electron chi connectivity index (χ2n) is 4.34. The van der Waals surface area contributed by atoms with E-state index < -0.39 is 12.0 Å². The van der Waals surface area contributed by atoms with Gasteiger partial charge in [0.25, 0.3) is 5.91 Å². The standard InChI is InChI=1S/C13H21N3O3/c1-4-7-10(13(18)19)14-12(17)11-8-9(5-2)15-16(11)6-3/h8,10H,4-7H2,1-3H3,(H,14,17)(H,18,19)/t10-/m0/s1. The van der Waals surface area contributed by atoms with Crippen molar-refractivity contribution in [2.75, 3.05) is 0 Å². The zero-order chi connectivity index (χ0) is 14.4. The van der Waals surface area contributed by atoms with E-state index in [-0.39, 0.29) is 5.91 Å². The fourth-order valence-corrected chi connectivity index (χ4v) is 1.84. The lowest BCUT2D eigenvalue weighted by molar-refractivity contribution is -0.139. The largest absolute Gasteiger partial charge is 0.480 e. The van der Waals surface area contributed by atoms with Gasteiger partial charge in [0, 0.05) is 6.54 Å². The molecule has 19 heavy (non-hydrogen) atoms. The predicted octanol–water partition coefficient (Wildman–Crippen LogP) is 1.45. The van der Waals surface area contributed by atoms with Crippen LogP contribution in [0.2, 0.25) is 0 Å². The lowest BCUT2D eigenvalue weighted by Crippen LogP contribution is -2.41. The van der Waals surface area contributed by atoms with Crippen LogP contribution >= 0.6 is 0 Å². The zero-order valence-electron chi connectivity index (χ0n) is 11.6. The number of hydrogen-bond donors (Lipinski definition) is 2. The van der Waals surface area contributed by atoms with Gasteiger partial charge in [-0.3, -0.25) is 9.48 Å². The first-order valence-electron chi connectivity index (χ1n) is 6.63. The van der Waals surface area contributed by atoms with Crippen molar-refractivity contribution in [2.45, 2.75) is 52.6 Å². The quantitative estimate of drug-likeness (QED) is 0.783. The molecule has 6 heteroatoms. The van der Waals surface area contributed by atoms with Crippen molar-refractivity contribution in [3.63, 3.8) is 0 Å². The summed E-state index contributed by atoms with van der Waals surface area (Å²) in [5, 5.41) is 15.9. The summed E-state index contributed by atoms with van der Waals surface area (Å²) >= 11 is 0. The SMILES string of the molecule is CCC[C@H](NC(=O)c1cc(CC)nn1CC)C(=O)O. The highest BCUT2D eigenvalue weighted by atomic mass is 16.4. The van der Waals surface area contributed by atoms with E-state index in [1.54, 1.807) is 10.7 Å². The molecule has 6 nitrogen and oxygen atoms in total. The molecule has 1 heterocycles. The molecule has 0 saturated carbocycles. The number of rotatable bonds is 7. The van der Waals surface area contributed by atoms with Gasteiger partial charge in [0.1, 0.15) is 11.7 Å². The Labute approximate surface area is 112 Å². The minimum atomic E-state index is -1.01. The summed E-state index contributed by atoms with van der Waals surface area (Å²) in [6, 6.07) is 0.867. The number of amides is 1. The van der Waals surface area contributed by atoms with E-state index in [0.717, 1.165) is 12.1 Å². The summed E-state index contributed by atoms with van der Waals surface area (Å²) < 4.78 is 1.60. The van der Waals surface area contributed by atoms with Gasteiger partial charge in [-0.2, -0.15) is 5.10 Å². The maximum Gasteiger partial charge on any atom is 0.326 e. The molecule has 0 fully saturated rings. The van der Waals surface area contributed by atoms with Crippen molar-refractivity contribution < 1.29 is 14.7 Å². The van der Waals surface area contributed by atoms with E-state index in [0.29, 0.717) is 25.1 Å². The van der Waals surface area contributed by atoms with Crippen molar-refractivity contribution >= 4 is 11.9 Å². The Balaban J connectivity index is 2.87. The number of aryl methyl sites for hydroxylation is 2. The van der Waals surface area contributed by atoms with E-state index in [9.17, 15) is 9.59 Å². The number of nitrogens with zero attached hydrogens (tertiary/aromatic N) is 2. The summed E-state index contributed by atoms with van der Waals surface area (Å²) in [5.41, 5.74) is 1.25. The second kappa shape index (κ2) is 6.92. The zero-order valence-corrected chi connectivity index (χ0v) is 11.6. The molecule has 0 aliphatic rings. The normalized spacial score (nSPS) is 12.2. The lowest BCUT2D eigenvalue weighted by atomic mass is 10.1. The third-order valence-electron chi connectivity index (χ3n) is 2.91. The smallest absolute Gasteiger partial charge is 0.326 e. The highest BCUT2D eigenvalue weighted by molar-refractivity contribution is 5.95. The minimum absolute atomic E-state index is 0.380. The summed E-state index contributed by atoms with van der Waals surface area (Å²) in [6.07, 6.45) is 1.86. The number of aliphatic carboxylic acids is 1. The van der Waals surface area contributed by atoms with Gasteiger partial charge in [0.05, 0.1) is 5.69 Å². The maximum absolute atomic E-state index is 12.1. The van der Waals surface area contributed by atoms with Gasteiger partial charge in [0.2, 0.25) is 0 Å². The molecule has 1 atom stereocenters. The Hall–Kier alpha value is -1.85. The molecule has 0 unspecified atom stereocenters. The average molecular weight is 267 g/mol. The number of carboxylic acid groups (broad SMARTS) is 1. The third-order valence-corrected chi connectivity index (χ3v) is 2.91. The number of hydrogen-bond acceptors (Lipinski definition) is 3. The highest BCUT2D eigenvalue weighted by Gasteiger charge is 2.22. The molecule has 1 amide bonds. The first-order chi connectivity index (χ1) is 9.03. The van der Waals surface area contributed by atoms with Gasteiger partial charge in [0.15, 0.2) is 0 Å². The van der Waals surface area contributed by atoms with Crippen LogP contribution in [-0.2, 0) is 17.8 Å². The van der Waals surface area contributed by atoms with Gasteiger partial charge in [-0.25, -0.2) is 4.79 Å². The fourth-order valence-electron chi connectivity index (χ4n) is 1.84. The van der Waals surface area contributed by atoms with E-state index in [1.165, 1.54) is 0 Å². The summed E-state index contributed by atoms with van der Waals surface area (Å²) in [4.78, 5) is 23.1. The molecule has 0 spiro atoms. The first kappa shape index (κ1) is 15.2.